The van der Waals surface area contributed by atoms with E-state index in [0.29, 0.717) is 26.6 Å². The lowest BCUT2D eigenvalue weighted by Crippen LogP contribution is -2.55. The van der Waals surface area contributed by atoms with Crippen molar-refractivity contribution in [1.29, 1.82) is 0 Å². The number of aromatic nitrogens is 2. The minimum Gasteiger partial charge on any atom is -0.296 e. The molecule has 5 nitrogen and oxygen atoms in total. The third-order valence-electron chi connectivity index (χ3n) is 5.12. The fraction of sp³-hybridized carbons (Fsp3) is 0.292. The number of halogens is 8. The number of carbonyl (C=O) groups excluding carboxylic acids is 1. The van der Waals surface area contributed by atoms with E-state index in [2.05, 4.69) is 31.3 Å². The Morgan fingerprint density at radius 1 is 0.919 bits per heavy atom. The van der Waals surface area contributed by atoms with Gasteiger partial charge in [-0.15, -0.1) is 0 Å². The van der Waals surface area contributed by atoms with Crippen molar-refractivity contribution in [3.63, 3.8) is 0 Å². The Kier molecular flexibility index (Phi) is 7.60. The van der Waals surface area contributed by atoms with Gasteiger partial charge in [-0.3, -0.25) is 15.6 Å². The Bertz CT molecular complexity index is 1340. The quantitative estimate of drug-likeness (QED) is 0.171. The first kappa shape index (κ1) is 28.4. The number of rotatable bonds is 7. The van der Waals surface area contributed by atoms with E-state index in [1.54, 1.807) is 54.0 Å². The van der Waals surface area contributed by atoms with Gasteiger partial charge in [0.2, 0.25) is 5.95 Å². The molecule has 0 radical (unpaired) electrons. The average molecular weight is 593 g/mol. The van der Waals surface area contributed by atoms with Crippen LogP contribution in [-0.2, 0) is 4.79 Å². The van der Waals surface area contributed by atoms with Gasteiger partial charge < -0.3 is 0 Å². The van der Waals surface area contributed by atoms with Gasteiger partial charge in [0.05, 0.1) is 11.2 Å². The number of ketones is 1. The number of fused-ring (bicyclic) bond motifs is 1. The van der Waals surface area contributed by atoms with Crippen molar-refractivity contribution in [2.24, 2.45) is 5.41 Å². The van der Waals surface area contributed by atoms with E-state index in [-0.39, 0.29) is 6.08 Å². The molecule has 0 aliphatic rings. The maximum absolute atomic E-state index is 14.6. The molecular formula is C24H20BrF7N4O. The predicted molar refractivity (Wildman–Crippen MR) is 128 cm³/mol. The van der Waals surface area contributed by atoms with Crippen LogP contribution in [0.5, 0.6) is 0 Å². The Labute approximate surface area is 215 Å². The maximum atomic E-state index is 14.6. The van der Waals surface area contributed by atoms with Gasteiger partial charge in [0.25, 0.3) is 0 Å². The molecule has 0 unspecified atom stereocenters. The zero-order valence-electron chi connectivity index (χ0n) is 19.5. The van der Waals surface area contributed by atoms with E-state index in [4.69, 9.17) is 0 Å². The zero-order valence-corrected chi connectivity index (χ0v) is 21.1. The Hall–Kier alpha value is -3.22. The van der Waals surface area contributed by atoms with Gasteiger partial charge in [0.15, 0.2) is 5.78 Å². The SMILES string of the molecule is CC(C)(C)C(=O)/C=C(\NNc1nc(-c2ccccc2)c2cc(Br)ccc2n1)C(F)(F)C(F)(F)C(F)(F)F. The van der Waals surface area contributed by atoms with Crippen molar-refractivity contribution < 1.29 is 35.5 Å². The van der Waals surface area contributed by atoms with Crippen LogP contribution in [0.1, 0.15) is 20.8 Å². The van der Waals surface area contributed by atoms with E-state index in [0.717, 1.165) is 0 Å². The Balaban J connectivity index is 2.09. The number of hydrogen-bond acceptors (Lipinski definition) is 5. The highest BCUT2D eigenvalue weighted by molar-refractivity contribution is 9.10. The molecule has 37 heavy (non-hydrogen) atoms. The minimum atomic E-state index is -6.60. The zero-order chi connectivity index (χ0) is 27.8. The molecule has 0 bridgehead atoms. The molecule has 3 aromatic rings. The number of anilines is 1. The number of carbonyl (C=O) groups is 1. The third kappa shape index (κ3) is 5.86. The molecule has 0 saturated carbocycles. The smallest absolute Gasteiger partial charge is 0.296 e. The second kappa shape index (κ2) is 9.92. The monoisotopic (exact) mass is 592 g/mol. The standard InChI is InChI=1S/C24H20BrF7N4O/c1-21(2,3)18(37)12-17(22(26,27)23(28,29)24(30,31)32)35-36-20-33-16-10-9-14(25)11-15(16)19(34-20)13-7-5-4-6-8-13/h4-12,35H,1-3H3,(H,33,34,36)/b17-12-. The minimum absolute atomic E-state index is 0.0168. The van der Waals surface area contributed by atoms with Crippen molar-refractivity contribution in [3.8, 4) is 11.3 Å². The van der Waals surface area contributed by atoms with Gasteiger partial charge in [0, 0.05) is 26.9 Å². The van der Waals surface area contributed by atoms with Crippen LogP contribution >= 0.6 is 15.9 Å². The summed E-state index contributed by atoms with van der Waals surface area (Å²) in [6.07, 6.45) is -6.59. The highest BCUT2D eigenvalue weighted by Gasteiger charge is 2.74. The Morgan fingerprint density at radius 2 is 1.54 bits per heavy atom. The largest absolute Gasteiger partial charge is 0.460 e. The first-order valence-corrected chi connectivity index (χ1v) is 11.4. The van der Waals surface area contributed by atoms with Gasteiger partial charge in [0.1, 0.15) is 5.70 Å². The first-order valence-electron chi connectivity index (χ1n) is 10.6. The molecule has 0 atom stereocenters. The number of alkyl halides is 7. The third-order valence-corrected chi connectivity index (χ3v) is 5.61. The van der Waals surface area contributed by atoms with Crippen LogP contribution in [0, 0.1) is 5.41 Å². The lowest BCUT2D eigenvalue weighted by molar-refractivity contribution is -0.345. The summed E-state index contributed by atoms with van der Waals surface area (Å²) < 4.78 is 96.1. The number of nitrogens with zero attached hydrogens (tertiary/aromatic N) is 2. The van der Waals surface area contributed by atoms with Gasteiger partial charge in [-0.05, 0) is 18.2 Å². The normalized spacial score (nSPS) is 13.5. The van der Waals surface area contributed by atoms with Crippen molar-refractivity contribution in [2.75, 3.05) is 5.43 Å². The molecule has 0 aliphatic heterocycles. The van der Waals surface area contributed by atoms with Gasteiger partial charge in [-0.1, -0.05) is 67.0 Å². The van der Waals surface area contributed by atoms with Crippen LogP contribution < -0.4 is 10.9 Å². The topological polar surface area (TPSA) is 66.9 Å². The molecule has 0 saturated heterocycles. The summed E-state index contributed by atoms with van der Waals surface area (Å²) in [5.41, 5.74) is 1.56. The number of hydrazine groups is 1. The molecule has 3 rings (SSSR count). The van der Waals surface area contributed by atoms with Crippen LogP contribution in [0.25, 0.3) is 22.2 Å². The van der Waals surface area contributed by atoms with Crippen LogP contribution in [0.2, 0.25) is 0 Å². The van der Waals surface area contributed by atoms with Crippen LogP contribution in [0.4, 0.5) is 36.7 Å². The second-order valence-electron chi connectivity index (χ2n) is 8.99. The lowest BCUT2D eigenvalue weighted by Gasteiger charge is -2.30. The summed E-state index contributed by atoms with van der Waals surface area (Å²) in [5.74, 6) is -13.9. The molecule has 1 heterocycles. The molecule has 0 aliphatic carbocycles. The second-order valence-corrected chi connectivity index (χ2v) is 9.91. The van der Waals surface area contributed by atoms with E-state index >= 15 is 0 Å². The number of allylic oxidation sites excluding steroid dienone is 2. The number of hydrogen-bond donors (Lipinski definition) is 2. The predicted octanol–water partition coefficient (Wildman–Crippen LogP) is 7.31. The Morgan fingerprint density at radius 3 is 2.11 bits per heavy atom. The van der Waals surface area contributed by atoms with E-state index in [1.807, 2.05) is 0 Å². The van der Waals surface area contributed by atoms with E-state index in [1.165, 1.54) is 20.8 Å². The molecule has 198 valence electrons. The molecule has 1 aromatic heterocycles. The summed E-state index contributed by atoms with van der Waals surface area (Å²) in [6.45, 7) is 3.86. The fourth-order valence-electron chi connectivity index (χ4n) is 3.00. The van der Waals surface area contributed by atoms with Gasteiger partial charge >= 0.3 is 18.0 Å². The van der Waals surface area contributed by atoms with Crippen LogP contribution in [0.3, 0.4) is 0 Å². The number of nitrogens with one attached hydrogen (secondary N) is 2. The first-order chi connectivity index (χ1) is 16.9. The summed E-state index contributed by atoms with van der Waals surface area (Å²) in [6, 6.07) is 13.5. The van der Waals surface area contributed by atoms with Crippen molar-refractivity contribution >= 4 is 38.6 Å². The summed E-state index contributed by atoms with van der Waals surface area (Å²) in [7, 11) is 0. The molecule has 2 aromatic carbocycles. The highest BCUT2D eigenvalue weighted by atomic mass is 79.9. The molecule has 13 heteroatoms. The van der Waals surface area contributed by atoms with Crippen molar-refractivity contribution in [1.82, 2.24) is 15.4 Å². The van der Waals surface area contributed by atoms with Crippen molar-refractivity contribution in [2.45, 2.75) is 38.8 Å². The molecule has 0 spiro atoms. The molecular weight excluding hydrogens is 573 g/mol. The van der Waals surface area contributed by atoms with Crippen LogP contribution in [-0.4, -0.2) is 33.8 Å². The maximum Gasteiger partial charge on any atom is 0.460 e. The fourth-order valence-corrected chi connectivity index (χ4v) is 3.36. The summed E-state index contributed by atoms with van der Waals surface area (Å²) in [4.78, 5) is 20.7. The highest BCUT2D eigenvalue weighted by Crippen LogP contribution is 2.49. The van der Waals surface area contributed by atoms with E-state index < -0.39 is 40.9 Å². The van der Waals surface area contributed by atoms with Crippen molar-refractivity contribution in [3.05, 3.63) is 64.8 Å². The molecule has 0 fully saturated rings. The average Bonchev–Trinajstić information content (AvgIpc) is 2.80. The summed E-state index contributed by atoms with van der Waals surface area (Å²) >= 11 is 3.33. The van der Waals surface area contributed by atoms with Crippen LogP contribution in [0.15, 0.2) is 64.8 Å². The lowest BCUT2D eigenvalue weighted by atomic mass is 9.89. The summed E-state index contributed by atoms with van der Waals surface area (Å²) in [5, 5.41) is 0.540. The molecule has 2 N–H and O–H groups in total. The van der Waals surface area contributed by atoms with Gasteiger partial charge in [-0.25, -0.2) is 9.97 Å². The van der Waals surface area contributed by atoms with Gasteiger partial charge in [-0.2, -0.15) is 30.7 Å². The number of benzene rings is 2. The van der Waals surface area contributed by atoms with E-state index in [9.17, 15) is 35.5 Å². The molecule has 0 amide bonds.